The highest BCUT2D eigenvalue weighted by Gasteiger charge is 2.05. The van der Waals surface area contributed by atoms with E-state index in [0.29, 0.717) is 6.54 Å². The molecule has 0 radical (unpaired) electrons. The first kappa shape index (κ1) is 12.7. The maximum atomic E-state index is 10.9. The summed E-state index contributed by atoms with van der Waals surface area (Å²) in [5, 5.41) is 5.97. The van der Waals surface area contributed by atoms with Crippen molar-refractivity contribution >= 4 is 17.3 Å². The molecule has 0 aliphatic carbocycles. The van der Waals surface area contributed by atoms with Crippen molar-refractivity contribution in [3.05, 3.63) is 40.7 Å². The number of nitrogens with zero attached hydrogens (tertiary/aromatic N) is 1. The molecular weight excluding hydrogens is 248 g/mol. The van der Waals surface area contributed by atoms with Crippen LogP contribution in [0.3, 0.4) is 0 Å². The third-order valence-corrected chi connectivity index (χ3v) is 3.24. The van der Waals surface area contributed by atoms with E-state index in [0.717, 1.165) is 16.3 Å². The van der Waals surface area contributed by atoms with Crippen molar-refractivity contribution in [1.82, 2.24) is 10.3 Å². The first-order valence-electron chi connectivity index (χ1n) is 5.57. The third kappa shape index (κ3) is 3.38. The lowest BCUT2D eigenvalue weighted by Crippen LogP contribution is -2.23. The standard InChI is InChI=1S/C13H14N2O2S/c1-17-13(16)8-14-7-12-15-11(9-18-12)10-5-3-2-4-6-10/h2-6,9,14H,7-8H2,1H3. The van der Waals surface area contributed by atoms with Gasteiger partial charge in [-0.1, -0.05) is 30.3 Å². The van der Waals surface area contributed by atoms with Gasteiger partial charge in [-0.15, -0.1) is 11.3 Å². The number of carbonyl (C=O) groups excluding carboxylic acids is 1. The number of ether oxygens (including phenoxy) is 1. The number of esters is 1. The van der Waals surface area contributed by atoms with E-state index >= 15 is 0 Å². The monoisotopic (exact) mass is 262 g/mol. The Morgan fingerprint density at radius 2 is 2.17 bits per heavy atom. The summed E-state index contributed by atoms with van der Waals surface area (Å²) in [4.78, 5) is 15.4. The summed E-state index contributed by atoms with van der Waals surface area (Å²) in [6.07, 6.45) is 0. The molecule has 0 spiro atoms. The molecule has 0 aliphatic heterocycles. The molecule has 1 aromatic carbocycles. The van der Waals surface area contributed by atoms with Crippen LogP contribution in [0.25, 0.3) is 11.3 Å². The van der Waals surface area contributed by atoms with Crippen molar-refractivity contribution in [2.45, 2.75) is 6.54 Å². The molecule has 0 bridgehead atoms. The second-order valence-electron chi connectivity index (χ2n) is 3.67. The van der Waals surface area contributed by atoms with Crippen LogP contribution in [0.1, 0.15) is 5.01 Å². The summed E-state index contributed by atoms with van der Waals surface area (Å²) in [6.45, 7) is 0.781. The summed E-state index contributed by atoms with van der Waals surface area (Å²) in [7, 11) is 1.38. The summed E-state index contributed by atoms with van der Waals surface area (Å²) in [5.74, 6) is -0.269. The Hall–Kier alpha value is -1.72. The lowest BCUT2D eigenvalue weighted by atomic mass is 10.2. The zero-order valence-electron chi connectivity index (χ0n) is 10.1. The molecule has 0 atom stereocenters. The van der Waals surface area contributed by atoms with Crippen LogP contribution >= 0.6 is 11.3 Å². The number of aromatic nitrogens is 1. The predicted molar refractivity (Wildman–Crippen MR) is 71.3 cm³/mol. The molecule has 94 valence electrons. The van der Waals surface area contributed by atoms with Crippen LogP contribution in [0.5, 0.6) is 0 Å². The zero-order valence-corrected chi connectivity index (χ0v) is 10.9. The van der Waals surface area contributed by atoms with Gasteiger partial charge in [0, 0.05) is 17.5 Å². The largest absolute Gasteiger partial charge is 0.468 e. The van der Waals surface area contributed by atoms with Crippen molar-refractivity contribution in [2.24, 2.45) is 0 Å². The molecule has 1 heterocycles. The van der Waals surface area contributed by atoms with Gasteiger partial charge in [-0.2, -0.15) is 0 Å². The number of rotatable bonds is 5. The smallest absolute Gasteiger partial charge is 0.319 e. The Kier molecular flexibility index (Phi) is 4.44. The fraction of sp³-hybridized carbons (Fsp3) is 0.231. The number of nitrogens with one attached hydrogen (secondary N) is 1. The number of carbonyl (C=O) groups is 1. The Morgan fingerprint density at radius 3 is 2.89 bits per heavy atom. The fourth-order valence-corrected chi connectivity index (χ4v) is 2.25. The van der Waals surface area contributed by atoms with Gasteiger partial charge in [-0.3, -0.25) is 4.79 Å². The van der Waals surface area contributed by atoms with Crippen molar-refractivity contribution < 1.29 is 9.53 Å². The highest BCUT2D eigenvalue weighted by atomic mass is 32.1. The number of benzene rings is 1. The minimum atomic E-state index is -0.269. The first-order chi connectivity index (χ1) is 8.79. The van der Waals surface area contributed by atoms with Gasteiger partial charge in [0.2, 0.25) is 0 Å². The van der Waals surface area contributed by atoms with Crippen molar-refractivity contribution in [1.29, 1.82) is 0 Å². The second-order valence-corrected chi connectivity index (χ2v) is 4.61. The van der Waals surface area contributed by atoms with E-state index in [9.17, 15) is 4.79 Å². The van der Waals surface area contributed by atoms with Crippen LogP contribution in [0.4, 0.5) is 0 Å². The molecule has 1 aromatic heterocycles. The number of hydrogen-bond acceptors (Lipinski definition) is 5. The van der Waals surface area contributed by atoms with Gasteiger partial charge in [0.25, 0.3) is 0 Å². The number of methoxy groups -OCH3 is 1. The zero-order chi connectivity index (χ0) is 12.8. The maximum absolute atomic E-state index is 10.9. The normalized spacial score (nSPS) is 10.3. The van der Waals surface area contributed by atoms with Gasteiger partial charge in [0.1, 0.15) is 5.01 Å². The molecule has 5 heteroatoms. The van der Waals surface area contributed by atoms with E-state index in [2.05, 4.69) is 15.0 Å². The van der Waals surface area contributed by atoms with E-state index in [-0.39, 0.29) is 12.5 Å². The Balaban J connectivity index is 1.93. The molecule has 18 heavy (non-hydrogen) atoms. The van der Waals surface area contributed by atoms with Gasteiger partial charge >= 0.3 is 5.97 Å². The molecule has 0 amide bonds. The van der Waals surface area contributed by atoms with E-state index < -0.39 is 0 Å². The Bertz CT molecular complexity index is 511. The quantitative estimate of drug-likeness (QED) is 0.838. The molecule has 0 fully saturated rings. The molecule has 1 N–H and O–H groups in total. The van der Waals surface area contributed by atoms with Crippen LogP contribution in [0, 0.1) is 0 Å². The van der Waals surface area contributed by atoms with E-state index in [1.807, 2.05) is 35.7 Å². The SMILES string of the molecule is COC(=O)CNCc1nc(-c2ccccc2)cs1. The van der Waals surface area contributed by atoms with Crippen molar-refractivity contribution in [2.75, 3.05) is 13.7 Å². The Labute approximate surface area is 110 Å². The first-order valence-corrected chi connectivity index (χ1v) is 6.45. The van der Waals surface area contributed by atoms with Crippen molar-refractivity contribution in [3.8, 4) is 11.3 Å². The van der Waals surface area contributed by atoms with Crippen molar-refractivity contribution in [3.63, 3.8) is 0 Å². The van der Waals surface area contributed by atoms with Gasteiger partial charge < -0.3 is 10.1 Å². The topological polar surface area (TPSA) is 51.2 Å². The molecule has 0 unspecified atom stereocenters. The van der Waals surface area contributed by atoms with Gasteiger partial charge in [-0.05, 0) is 0 Å². The molecule has 2 aromatic rings. The number of hydrogen-bond donors (Lipinski definition) is 1. The van der Waals surface area contributed by atoms with E-state index in [1.165, 1.54) is 7.11 Å². The highest BCUT2D eigenvalue weighted by molar-refractivity contribution is 7.09. The highest BCUT2D eigenvalue weighted by Crippen LogP contribution is 2.21. The lowest BCUT2D eigenvalue weighted by Gasteiger charge is -2.00. The van der Waals surface area contributed by atoms with Crippen LogP contribution in [0.15, 0.2) is 35.7 Å². The third-order valence-electron chi connectivity index (χ3n) is 2.39. The average Bonchev–Trinajstić information content (AvgIpc) is 2.88. The van der Waals surface area contributed by atoms with E-state index in [1.54, 1.807) is 11.3 Å². The molecule has 0 saturated heterocycles. The molecule has 0 saturated carbocycles. The maximum Gasteiger partial charge on any atom is 0.319 e. The summed E-state index contributed by atoms with van der Waals surface area (Å²) < 4.78 is 4.54. The van der Waals surface area contributed by atoms with Crippen LogP contribution in [-0.2, 0) is 16.1 Å². The summed E-state index contributed by atoms with van der Waals surface area (Å²) >= 11 is 1.58. The summed E-state index contributed by atoms with van der Waals surface area (Å²) in [5.41, 5.74) is 2.07. The summed E-state index contributed by atoms with van der Waals surface area (Å²) in [6, 6.07) is 10.0. The minimum Gasteiger partial charge on any atom is -0.468 e. The second kappa shape index (κ2) is 6.28. The van der Waals surface area contributed by atoms with Crippen LogP contribution < -0.4 is 5.32 Å². The molecular formula is C13H14N2O2S. The van der Waals surface area contributed by atoms with Gasteiger partial charge in [0.05, 0.1) is 19.3 Å². The fourth-order valence-electron chi connectivity index (χ4n) is 1.48. The van der Waals surface area contributed by atoms with Gasteiger partial charge in [0.15, 0.2) is 0 Å². The molecule has 2 rings (SSSR count). The van der Waals surface area contributed by atoms with E-state index in [4.69, 9.17) is 0 Å². The average molecular weight is 262 g/mol. The van der Waals surface area contributed by atoms with Crippen LogP contribution in [0.2, 0.25) is 0 Å². The minimum absolute atomic E-state index is 0.205. The molecule has 0 aliphatic rings. The lowest BCUT2D eigenvalue weighted by molar-refractivity contribution is -0.139. The number of thiazole rings is 1. The van der Waals surface area contributed by atoms with Gasteiger partial charge in [-0.25, -0.2) is 4.98 Å². The molecule has 4 nitrogen and oxygen atoms in total. The predicted octanol–water partition coefficient (Wildman–Crippen LogP) is 2.07. The van der Waals surface area contributed by atoms with Crippen LogP contribution in [-0.4, -0.2) is 24.6 Å². The Morgan fingerprint density at radius 1 is 1.39 bits per heavy atom.